The highest BCUT2D eigenvalue weighted by Crippen LogP contribution is 2.11. The molecule has 0 atom stereocenters. The van der Waals surface area contributed by atoms with Gasteiger partial charge in [0.25, 0.3) is 0 Å². The van der Waals surface area contributed by atoms with Gasteiger partial charge in [-0.15, -0.1) is 0 Å². The standard InChI is InChI=1S/C7H6BrN3O/c8-6-1-2-9-7-3-5(4-12)10-11(6)7/h1-3,12H,4H2. The van der Waals surface area contributed by atoms with Crippen LogP contribution in [0.15, 0.2) is 22.9 Å². The van der Waals surface area contributed by atoms with Crippen molar-refractivity contribution in [3.8, 4) is 0 Å². The van der Waals surface area contributed by atoms with Crippen molar-refractivity contribution in [3.05, 3.63) is 28.6 Å². The molecular formula is C7H6BrN3O. The molecule has 0 aliphatic heterocycles. The highest BCUT2D eigenvalue weighted by atomic mass is 79.9. The first-order chi connectivity index (χ1) is 5.81. The maximum absolute atomic E-state index is 8.81. The smallest absolute Gasteiger partial charge is 0.156 e. The minimum atomic E-state index is -0.0597. The number of halogens is 1. The minimum Gasteiger partial charge on any atom is -0.390 e. The van der Waals surface area contributed by atoms with Crippen molar-refractivity contribution < 1.29 is 5.11 Å². The Kier molecular flexibility index (Phi) is 1.82. The average Bonchev–Trinajstić information content (AvgIpc) is 2.49. The second kappa shape index (κ2) is 2.84. The van der Waals surface area contributed by atoms with E-state index in [1.165, 1.54) is 0 Å². The maximum Gasteiger partial charge on any atom is 0.156 e. The fraction of sp³-hybridized carbons (Fsp3) is 0.143. The summed E-state index contributed by atoms with van der Waals surface area (Å²) in [5.74, 6) is 0. The first kappa shape index (κ1) is 7.70. The second-order valence-electron chi connectivity index (χ2n) is 2.33. The van der Waals surface area contributed by atoms with Gasteiger partial charge in [0.15, 0.2) is 5.65 Å². The summed E-state index contributed by atoms with van der Waals surface area (Å²) in [5, 5.41) is 12.9. The van der Waals surface area contributed by atoms with Gasteiger partial charge in [0, 0.05) is 12.3 Å². The molecule has 2 aromatic rings. The van der Waals surface area contributed by atoms with Crippen molar-refractivity contribution in [3.63, 3.8) is 0 Å². The molecule has 0 saturated carbocycles. The Labute approximate surface area is 77.0 Å². The monoisotopic (exact) mass is 227 g/mol. The molecule has 0 fully saturated rings. The van der Waals surface area contributed by atoms with Crippen molar-refractivity contribution in [2.75, 3.05) is 0 Å². The second-order valence-corrected chi connectivity index (χ2v) is 3.14. The van der Waals surface area contributed by atoms with Crippen LogP contribution in [0.4, 0.5) is 0 Å². The molecule has 12 heavy (non-hydrogen) atoms. The number of hydrogen-bond acceptors (Lipinski definition) is 3. The third kappa shape index (κ3) is 1.11. The number of aromatic nitrogens is 3. The Hall–Kier alpha value is -0.940. The molecule has 2 aromatic heterocycles. The lowest BCUT2D eigenvalue weighted by molar-refractivity contribution is 0.276. The van der Waals surface area contributed by atoms with Crippen LogP contribution in [0.1, 0.15) is 5.69 Å². The lowest BCUT2D eigenvalue weighted by Gasteiger charge is -1.92. The molecule has 0 spiro atoms. The maximum atomic E-state index is 8.81. The van der Waals surface area contributed by atoms with Crippen molar-refractivity contribution in [2.24, 2.45) is 0 Å². The van der Waals surface area contributed by atoms with Gasteiger partial charge in [-0.2, -0.15) is 5.10 Å². The first-order valence-electron chi connectivity index (χ1n) is 3.41. The normalized spacial score (nSPS) is 10.8. The Bertz CT molecular complexity index is 412. The molecule has 0 unspecified atom stereocenters. The molecule has 0 bridgehead atoms. The summed E-state index contributed by atoms with van der Waals surface area (Å²) in [6.07, 6.45) is 1.68. The van der Waals surface area contributed by atoms with Crippen molar-refractivity contribution >= 4 is 21.6 Å². The van der Waals surface area contributed by atoms with Gasteiger partial charge in [-0.3, -0.25) is 0 Å². The molecule has 0 radical (unpaired) electrons. The summed E-state index contributed by atoms with van der Waals surface area (Å²) in [6.45, 7) is -0.0597. The first-order valence-corrected chi connectivity index (χ1v) is 4.20. The molecule has 0 aliphatic carbocycles. The molecule has 0 aliphatic rings. The molecule has 0 amide bonds. The zero-order chi connectivity index (χ0) is 8.55. The van der Waals surface area contributed by atoms with E-state index in [0.717, 1.165) is 10.3 Å². The molecular weight excluding hydrogens is 222 g/mol. The minimum absolute atomic E-state index is 0.0597. The average molecular weight is 228 g/mol. The van der Waals surface area contributed by atoms with E-state index < -0.39 is 0 Å². The van der Waals surface area contributed by atoms with E-state index in [2.05, 4.69) is 26.0 Å². The summed E-state index contributed by atoms with van der Waals surface area (Å²) >= 11 is 3.32. The van der Waals surface area contributed by atoms with Crippen LogP contribution in [0.3, 0.4) is 0 Å². The molecule has 62 valence electrons. The largest absolute Gasteiger partial charge is 0.390 e. The van der Waals surface area contributed by atoms with E-state index in [1.54, 1.807) is 22.8 Å². The van der Waals surface area contributed by atoms with Gasteiger partial charge in [-0.05, 0) is 22.0 Å². The topological polar surface area (TPSA) is 50.4 Å². The Morgan fingerprint density at radius 3 is 3.08 bits per heavy atom. The highest BCUT2D eigenvalue weighted by molar-refractivity contribution is 9.10. The van der Waals surface area contributed by atoms with Crippen LogP contribution in [-0.2, 0) is 6.61 Å². The van der Waals surface area contributed by atoms with Crippen molar-refractivity contribution in [1.29, 1.82) is 0 Å². The van der Waals surface area contributed by atoms with E-state index >= 15 is 0 Å². The van der Waals surface area contributed by atoms with Gasteiger partial charge in [0.2, 0.25) is 0 Å². The van der Waals surface area contributed by atoms with Crippen LogP contribution in [0.25, 0.3) is 5.65 Å². The number of aliphatic hydroxyl groups excluding tert-OH is 1. The van der Waals surface area contributed by atoms with E-state index in [1.807, 2.05) is 0 Å². The SMILES string of the molecule is OCc1cc2nccc(Br)n2n1. The Morgan fingerprint density at radius 1 is 1.58 bits per heavy atom. The van der Waals surface area contributed by atoms with Crippen LogP contribution < -0.4 is 0 Å². The molecule has 4 nitrogen and oxygen atoms in total. The summed E-state index contributed by atoms with van der Waals surface area (Å²) < 4.78 is 2.46. The molecule has 0 saturated heterocycles. The van der Waals surface area contributed by atoms with Gasteiger partial charge < -0.3 is 5.11 Å². The van der Waals surface area contributed by atoms with Gasteiger partial charge in [-0.1, -0.05) is 0 Å². The zero-order valence-electron chi connectivity index (χ0n) is 6.11. The molecule has 1 N–H and O–H groups in total. The summed E-state index contributed by atoms with van der Waals surface area (Å²) in [7, 11) is 0. The number of nitrogens with zero attached hydrogens (tertiary/aromatic N) is 3. The van der Waals surface area contributed by atoms with Gasteiger partial charge in [0.05, 0.1) is 12.3 Å². The predicted molar refractivity (Wildman–Crippen MR) is 46.6 cm³/mol. The molecule has 2 heterocycles. The number of aliphatic hydroxyl groups is 1. The molecule has 5 heteroatoms. The van der Waals surface area contributed by atoms with Gasteiger partial charge >= 0.3 is 0 Å². The zero-order valence-corrected chi connectivity index (χ0v) is 7.69. The third-order valence-electron chi connectivity index (χ3n) is 1.52. The number of hydrogen-bond donors (Lipinski definition) is 1. The summed E-state index contributed by atoms with van der Waals surface area (Å²) in [6, 6.07) is 3.53. The van der Waals surface area contributed by atoms with E-state index in [-0.39, 0.29) is 6.61 Å². The highest BCUT2D eigenvalue weighted by Gasteiger charge is 2.02. The van der Waals surface area contributed by atoms with Gasteiger partial charge in [0.1, 0.15) is 4.60 Å². The fourth-order valence-corrected chi connectivity index (χ4v) is 1.37. The van der Waals surface area contributed by atoms with Crippen LogP contribution >= 0.6 is 15.9 Å². The van der Waals surface area contributed by atoms with E-state index in [4.69, 9.17) is 5.11 Å². The van der Waals surface area contributed by atoms with Crippen molar-refractivity contribution in [1.82, 2.24) is 14.6 Å². The summed E-state index contributed by atoms with van der Waals surface area (Å²) in [4.78, 5) is 4.07. The molecule has 2 rings (SSSR count). The third-order valence-corrected chi connectivity index (χ3v) is 2.12. The summed E-state index contributed by atoms with van der Waals surface area (Å²) in [5.41, 5.74) is 1.35. The van der Waals surface area contributed by atoms with E-state index in [9.17, 15) is 0 Å². The van der Waals surface area contributed by atoms with Crippen LogP contribution in [0, 0.1) is 0 Å². The quantitative estimate of drug-likeness (QED) is 0.740. The van der Waals surface area contributed by atoms with Crippen molar-refractivity contribution in [2.45, 2.75) is 6.61 Å². The van der Waals surface area contributed by atoms with E-state index in [0.29, 0.717) is 5.69 Å². The lowest BCUT2D eigenvalue weighted by atomic mass is 10.4. The van der Waals surface area contributed by atoms with Crippen LogP contribution in [0.5, 0.6) is 0 Å². The Balaban J connectivity index is 2.74. The lowest BCUT2D eigenvalue weighted by Crippen LogP contribution is -1.91. The molecule has 0 aromatic carbocycles. The number of rotatable bonds is 1. The van der Waals surface area contributed by atoms with Crippen LogP contribution in [-0.4, -0.2) is 19.7 Å². The Morgan fingerprint density at radius 2 is 2.42 bits per heavy atom. The predicted octanol–water partition coefficient (Wildman–Crippen LogP) is 0.984. The van der Waals surface area contributed by atoms with Crippen LogP contribution in [0.2, 0.25) is 0 Å². The fourth-order valence-electron chi connectivity index (χ4n) is 0.991. The number of fused-ring (bicyclic) bond motifs is 1. The van der Waals surface area contributed by atoms with Gasteiger partial charge in [-0.25, -0.2) is 9.50 Å².